The third-order valence-corrected chi connectivity index (χ3v) is 16.3. The zero-order chi connectivity index (χ0) is 78.3. The number of aliphatic hydroxyl groups excluding tert-OH is 1. The Labute approximate surface area is 612 Å². The molecule has 0 aliphatic carbocycles. The molecule has 4 aromatic carbocycles. The van der Waals surface area contributed by atoms with Gasteiger partial charge in [-0.05, 0) is 141 Å². The van der Waals surface area contributed by atoms with Crippen LogP contribution in [-0.4, -0.2) is 128 Å². The molecule has 566 valence electrons. The third-order valence-electron chi connectivity index (χ3n) is 15.8. The topological polar surface area (TPSA) is 604 Å². The lowest BCUT2D eigenvalue weighted by molar-refractivity contribution is -0.132. The highest BCUT2D eigenvalue weighted by molar-refractivity contribution is 7.58. The first kappa shape index (κ1) is 83.3. The van der Waals surface area contributed by atoms with Crippen molar-refractivity contribution in [2.24, 2.45) is 11.1 Å². The van der Waals surface area contributed by atoms with Crippen molar-refractivity contribution in [1.82, 2.24) is 45.2 Å². The smallest absolute Gasteiger partial charge is 0.297 e. The number of nitrogens with two attached hydrogens (primary N) is 6. The molecule has 107 heavy (non-hydrogen) atoms. The zero-order valence-corrected chi connectivity index (χ0v) is 59.4. The SMILES string of the molecule is C=C1CCC(c2ccc(NCCCc3c(C(O)O)nc(N)[nH]c3=O)cc2)N1.C=P(O)(O)Oc1ccc(NCCCc2c(C=O)nc(N)[nH]c2=O)cc1.CC(=O)C(=O)/C=C/c1ccc(NCC(Cc2c(N)nc(N)[nH]c2=O)N=O)cc1.CCC(=O)/C=C/c1ccc(NCC(C=O)Cc2c(N)nc(N)[nH]c2=O)cc1. The summed E-state index contributed by atoms with van der Waals surface area (Å²) >= 11 is 0. The largest absolute Gasteiger partial charge is 0.432 e. The van der Waals surface area contributed by atoms with Crippen LogP contribution in [0.2, 0.25) is 0 Å². The second-order valence-electron chi connectivity index (χ2n) is 24.0. The molecule has 1 saturated heterocycles. The third kappa shape index (κ3) is 27.8. The molecule has 1 fully saturated rings. The van der Waals surface area contributed by atoms with Crippen molar-refractivity contribution in [2.45, 2.75) is 90.0 Å². The van der Waals surface area contributed by atoms with Gasteiger partial charge in [0, 0.05) is 91.4 Å². The van der Waals surface area contributed by atoms with Gasteiger partial charge in [0.05, 0.1) is 17.2 Å². The van der Waals surface area contributed by atoms with Gasteiger partial charge in [-0.25, -0.2) is 9.97 Å². The summed E-state index contributed by atoms with van der Waals surface area (Å²) in [5.41, 5.74) is 39.5. The van der Waals surface area contributed by atoms with Gasteiger partial charge in [0.1, 0.15) is 41.1 Å². The quantitative estimate of drug-likeness (QED) is 0.00516. The number of carbonyl (C=O) groups excluding carboxylic acids is 5. The van der Waals surface area contributed by atoms with E-state index < -0.39 is 59.6 Å². The molecule has 0 spiro atoms. The number of benzene rings is 4. The zero-order valence-electron chi connectivity index (χ0n) is 58.5. The van der Waals surface area contributed by atoms with E-state index in [-0.39, 0.29) is 88.7 Å². The lowest BCUT2D eigenvalue weighted by Gasteiger charge is -2.13. The highest BCUT2D eigenvalue weighted by atomic mass is 31.2. The maximum atomic E-state index is 12.0. The predicted octanol–water partition coefficient (Wildman–Crippen LogP) is 4.38. The number of nitrogens with zero attached hydrogens (tertiary/aromatic N) is 5. The first-order valence-electron chi connectivity index (χ1n) is 33.2. The van der Waals surface area contributed by atoms with Gasteiger partial charge in [0.25, 0.3) is 29.8 Å². The van der Waals surface area contributed by atoms with Gasteiger partial charge in [0.2, 0.25) is 29.6 Å². The molecular formula is C71H87N20O15P. The minimum atomic E-state index is -3.58. The first-order chi connectivity index (χ1) is 50.9. The van der Waals surface area contributed by atoms with Gasteiger partial charge in [0.15, 0.2) is 24.1 Å². The van der Waals surface area contributed by atoms with E-state index in [1.807, 2.05) is 43.3 Å². The van der Waals surface area contributed by atoms with E-state index in [0.717, 1.165) is 53.0 Å². The van der Waals surface area contributed by atoms with Crippen molar-refractivity contribution < 1.29 is 48.5 Å². The van der Waals surface area contributed by atoms with Crippen LogP contribution in [0.5, 0.6) is 5.75 Å². The Kier molecular flexibility index (Phi) is 31.9. The molecular weight excluding hydrogens is 1400 g/mol. The number of aromatic nitrogens is 8. The van der Waals surface area contributed by atoms with Gasteiger partial charge in [-0.1, -0.05) is 67.2 Å². The normalized spacial score (nSPS) is 12.9. The number of hydrogen-bond acceptors (Lipinski definition) is 31. The van der Waals surface area contributed by atoms with Crippen LogP contribution >= 0.6 is 7.57 Å². The molecule has 3 unspecified atom stereocenters. The van der Waals surface area contributed by atoms with E-state index in [1.54, 1.807) is 60.7 Å². The predicted molar refractivity (Wildman–Crippen MR) is 414 cm³/mol. The Morgan fingerprint density at radius 2 is 1.09 bits per heavy atom. The van der Waals surface area contributed by atoms with Crippen LogP contribution in [0.3, 0.4) is 0 Å². The van der Waals surface area contributed by atoms with Crippen LogP contribution in [0.25, 0.3) is 12.2 Å². The van der Waals surface area contributed by atoms with E-state index in [4.69, 9.17) is 48.7 Å². The van der Waals surface area contributed by atoms with Crippen LogP contribution in [0.1, 0.15) is 113 Å². The molecule has 35 nitrogen and oxygen atoms in total. The standard InChI is InChI=1S/C19H25N5O3.C19H23N5O3.C18H20N6O4.C15H19N4O5P/c1-11-4-9-15(22-11)12-5-7-13(8-6-12)21-10-2-3-14-16(18(26)27)23-19(20)24-17(14)25;1-2-15(26)8-5-12-3-6-14(7-4-12)22-10-13(11-25)9-16-17(20)23-19(21)24-18(16)27;1-10(25)15(26)7-4-11-2-5-12(6-3-11)21-9-13(24-28)8-14-16(19)22-18(20)23-17(14)27;1-25(22,23)24-11-6-4-10(5-7-11)17-8-2-3-12-13(9-20)18-15(16)19-14(12)21/h5-8,15,18,21-22,26-27H,1-4,9-10H2,(H3,20,23,24,25);3-8,11,13,22H,2,9-10H2,1H3,(H5,20,21,23,24,27);2-7,13,21H,8-9H2,1H3,(H5,19,20,22,23,27);4-7,9,17,22-23H,1-3,8H2,(H3,16,18,19,21)/b;8-5+;7-4+;. The molecule has 36 heteroatoms. The molecule has 5 heterocycles. The Balaban J connectivity index is 0.000000223. The average Bonchev–Trinajstić information content (AvgIpc) is 1.58. The number of aldehydes is 2. The van der Waals surface area contributed by atoms with Gasteiger partial charge >= 0.3 is 0 Å². The summed E-state index contributed by atoms with van der Waals surface area (Å²) in [6, 6.07) is 28.8. The Morgan fingerprint density at radius 1 is 0.636 bits per heavy atom. The fourth-order valence-electron chi connectivity index (χ4n) is 10.2. The van der Waals surface area contributed by atoms with Gasteiger partial charge in [-0.3, -0.25) is 58.3 Å². The summed E-state index contributed by atoms with van der Waals surface area (Å²) < 4.78 is 4.88. The maximum Gasteiger partial charge on any atom is 0.297 e. The molecule has 8 aromatic rings. The number of allylic oxidation sites excluding steroid dienone is 3. The van der Waals surface area contributed by atoms with Crippen molar-refractivity contribution in [3.8, 4) is 5.75 Å². The van der Waals surface area contributed by atoms with Gasteiger partial charge in [-0.15, -0.1) is 0 Å². The lowest BCUT2D eigenvalue weighted by Crippen LogP contribution is -2.26. The molecule has 4 aromatic heterocycles. The van der Waals surface area contributed by atoms with E-state index in [2.05, 4.69) is 96.6 Å². The molecule has 25 N–H and O–H groups in total. The number of rotatable bonds is 33. The molecule has 0 bridgehead atoms. The molecule has 0 amide bonds. The number of Topliss-reactive ketones (excluding diaryl/α,β-unsaturated/α-hetero) is 1. The minimum Gasteiger partial charge on any atom is -0.432 e. The summed E-state index contributed by atoms with van der Waals surface area (Å²) in [6.07, 6.45) is 13.3. The molecule has 9 rings (SSSR count). The van der Waals surface area contributed by atoms with Crippen LogP contribution in [0.4, 0.5) is 58.2 Å². The molecule has 3 atom stereocenters. The number of nitrogens with one attached hydrogen (secondary N) is 9. The highest BCUT2D eigenvalue weighted by Gasteiger charge is 2.21. The second-order valence-corrected chi connectivity index (χ2v) is 25.5. The number of anilines is 10. The number of aromatic amines is 4. The summed E-state index contributed by atoms with van der Waals surface area (Å²) in [6.45, 7) is 8.66. The Morgan fingerprint density at radius 3 is 1.56 bits per heavy atom. The number of nitrogen functional groups attached to an aromatic ring is 6. The number of nitroso groups, excluding NO2 is 1. The summed E-state index contributed by atoms with van der Waals surface area (Å²) in [5, 5.41) is 37.8. The van der Waals surface area contributed by atoms with E-state index in [1.165, 1.54) is 24.6 Å². The van der Waals surface area contributed by atoms with Gasteiger partial charge < -0.3 is 90.3 Å². The van der Waals surface area contributed by atoms with Crippen LogP contribution in [0, 0.1) is 10.8 Å². The van der Waals surface area contributed by atoms with Crippen molar-refractivity contribution in [2.75, 3.05) is 81.8 Å². The van der Waals surface area contributed by atoms with Crippen LogP contribution in [0.15, 0.2) is 146 Å². The Hall–Kier alpha value is -12.7. The van der Waals surface area contributed by atoms with Crippen LogP contribution in [-0.2, 0) is 44.9 Å². The lowest BCUT2D eigenvalue weighted by atomic mass is 10.0. The maximum absolute atomic E-state index is 12.0. The van der Waals surface area contributed by atoms with E-state index >= 15 is 0 Å². The van der Waals surface area contributed by atoms with E-state index in [0.29, 0.717) is 81.1 Å². The number of aliphatic hydroxyl groups is 2. The summed E-state index contributed by atoms with van der Waals surface area (Å²) in [7, 11) is -3.58. The monoisotopic (exact) mass is 1490 g/mol. The number of hydrogen-bond donors (Lipinski definition) is 19. The summed E-state index contributed by atoms with van der Waals surface area (Å²) in [4.78, 5) is 158. The Bertz CT molecular complexity index is 4750. The summed E-state index contributed by atoms with van der Waals surface area (Å²) in [5.74, 6) is -1.58. The van der Waals surface area contributed by atoms with Crippen LogP contribution < -0.4 is 87.7 Å². The molecule has 0 saturated carbocycles. The molecule has 1 aliphatic heterocycles. The average molecular weight is 1490 g/mol. The second kappa shape index (κ2) is 41.0. The van der Waals surface area contributed by atoms with Crippen molar-refractivity contribution in [3.63, 3.8) is 0 Å². The number of ketones is 3. The highest BCUT2D eigenvalue weighted by Crippen LogP contribution is 2.37. The van der Waals surface area contributed by atoms with Crippen molar-refractivity contribution in [3.05, 3.63) is 218 Å². The fraction of sp³-hybridized carbons (Fsp3) is 0.268. The molecule has 1 aliphatic rings. The first-order valence-corrected chi connectivity index (χ1v) is 35.0. The number of carbonyl (C=O) groups is 5. The van der Waals surface area contributed by atoms with E-state index in [9.17, 15) is 58.3 Å². The van der Waals surface area contributed by atoms with Crippen molar-refractivity contribution in [1.29, 1.82) is 0 Å². The fourth-order valence-corrected chi connectivity index (χ4v) is 10.7. The van der Waals surface area contributed by atoms with Crippen molar-refractivity contribution >= 4 is 114 Å². The minimum absolute atomic E-state index is 0.0128. The van der Waals surface area contributed by atoms with Gasteiger partial charge in [-0.2, -0.15) is 14.9 Å². The number of H-pyrrole nitrogens is 4. The molecule has 0 radical (unpaired) electrons.